The van der Waals surface area contributed by atoms with E-state index in [1.165, 1.54) is 29.2 Å². The van der Waals surface area contributed by atoms with Gasteiger partial charge in [0.15, 0.2) is 0 Å². The average Bonchev–Trinajstić information content (AvgIpc) is 2.89. The molecule has 2 aliphatic rings. The van der Waals surface area contributed by atoms with E-state index in [9.17, 15) is 39.4 Å². The van der Waals surface area contributed by atoms with Crippen molar-refractivity contribution in [3.63, 3.8) is 0 Å². The molecule has 2 aliphatic heterocycles. The molecule has 2 N–H and O–H groups in total. The fourth-order valence-corrected chi connectivity index (χ4v) is 3.01. The van der Waals surface area contributed by atoms with Gasteiger partial charge in [-0.1, -0.05) is 24.3 Å². The van der Waals surface area contributed by atoms with Crippen LogP contribution in [0.15, 0.2) is 48.5 Å². The molecule has 0 bridgehead atoms. The SMILES string of the molecule is O=C(CCc1ccc([N+](=O)[O-])cc1)N1CCC1=O.O=C(O)CCc1ccc([N+](=O)[O-])cc1.O=C1CCN1.[3H]P([3H])[3H]. The molecule has 0 atom stereocenters. The number of nitrogens with one attached hydrogen (secondary N) is 1. The van der Waals surface area contributed by atoms with Crippen molar-refractivity contribution < 1.29 is 34.1 Å². The number of nitro benzene ring substituents is 2. The number of imide groups is 1. The number of aliphatic carboxylic acids is 1. The number of carboxylic acid groups (broad SMARTS) is 1. The number of hydrogen-bond donors (Lipinski definition) is 2. The molecule has 2 fully saturated rings. The highest BCUT2D eigenvalue weighted by Gasteiger charge is 2.29. The van der Waals surface area contributed by atoms with Crippen LogP contribution in [0.3, 0.4) is 0 Å². The number of β-lactam (4-membered cyclic amide) rings is 2. The van der Waals surface area contributed by atoms with E-state index in [1.807, 2.05) is 0 Å². The maximum absolute atomic E-state index is 11.6. The number of amides is 3. The molecule has 0 saturated carbocycles. The van der Waals surface area contributed by atoms with Crippen molar-refractivity contribution in [2.75, 3.05) is 13.1 Å². The highest BCUT2D eigenvalue weighted by Crippen LogP contribution is 2.16. The van der Waals surface area contributed by atoms with Crippen LogP contribution in [0.25, 0.3) is 0 Å². The fourth-order valence-electron chi connectivity index (χ4n) is 3.01. The van der Waals surface area contributed by atoms with Gasteiger partial charge in [-0.15, -0.1) is 0 Å². The number of nitrogens with zero attached hydrogens (tertiary/aromatic N) is 3. The van der Waals surface area contributed by atoms with Crippen LogP contribution in [0.5, 0.6) is 0 Å². The van der Waals surface area contributed by atoms with Gasteiger partial charge in [0.2, 0.25) is 17.7 Å². The van der Waals surface area contributed by atoms with Gasteiger partial charge in [-0.2, -0.15) is 9.73 Å². The van der Waals surface area contributed by atoms with Crippen LogP contribution in [-0.2, 0) is 32.0 Å². The van der Waals surface area contributed by atoms with Crippen LogP contribution in [0.1, 0.15) is 36.8 Å². The highest BCUT2D eigenvalue weighted by molar-refractivity contribution is 6.92. The van der Waals surface area contributed by atoms with E-state index in [2.05, 4.69) is 5.32 Å². The van der Waals surface area contributed by atoms with E-state index in [1.54, 1.807) is 24.3 Å². The van der Waals surface area contributed by atoms with Crippen molar-refractivity contribution in [2.45, 2.75) is 38.5 Å². The van der Waals surface area contributed by atoms with Crippen molar-refractivity contribution in [3.8, 4) is 0 Å². The first-order chi connectivity index (χ1) is 19.3. The summed E-state index contributed by atoms with van der Waals surface area (Å²) in [6, 6.07) is 12.0. The molecule has 204 valence electrons. The Balaban J connectivity index is 0.000000321. The lowest BCUT2D eigenvalue weighted by atomic mass is 10.1. The Morgan fingerprint density at radius 2 is 1.34 bits per heavy atom. The Morgan fingerprint density at radius 3 is 1.61 bits per heavy atom. The van der Waals surface area contributed by atoms with Crippen LogP contribution < -0.4 is 5.32 Å². The molecule has 0 unspecified atom stereocenters. The van der Waals surface area contributed by atoms with Gasteiger partial charge in [0.1, 0.15) is 0 Å². The minimum Gasteiger partial charge on any atom is -0.481 e. The van der Waals surface area contributed by atoms with Gasteiger partial charge in [0, 0.05) is 63.0 Å². The van der Waals surface area contributed by atoms with Crippen molar-refractivity contribution in [1.29, 1.82) is 3.84 Å². The molecule has 13 nitrogen and oxygen atoms in total. The molecule has 2 aromatic carbocycles. The van der Waals surface area contributed by atoms with E-state index in [0.717, 1.165) is 24.1 Å². The third kappa shape index (κ3) is 10.8. The Bertz CT molecular complexity index is 1210. The minimum atomic E-state index is -1.87. The predicted octanol–water partition coefficient (Wildman–Crippen LogP) is 2.46. The molecule has 0 spiro atoms. The van der Waals surface area contributed by atoms with Crippen molar-refractivity contribution in [3.05, 3.63) is 79.9 Å². The van der Waals surface area contributed by atoms with E-state index in [-0.39, 0.29) is 41.9 Å². The monoisotopic (exact) mass is 554 g/mol. The lowest BCUT2D eigenvalue weighted by molar-refractivity contribution is -0.385. The largest absolute Gasteiger partial charge is 0.481 e. The van der Waals surface area contributed by atoms with Crippen molar-refractivity contribution in [1.82, 2.24) is 10.2 Å². The van der Waals surface area contributed by atoms with Gasteiger partial charge in [-0.3, -0.25) is 44.3 Å². The number of hydrogen-bond acceptors (Lipinski definition) is 8. The maximum Gasteiger partial charge on any atom is 0.303 e. The smallest absolute Gasteiger partial charge is 0.303 e. The molecule has 3 amide bonds. The molecule has 38 heavy (non-hydrogen) atoms. The summed E-state index contributed by atoms with van der Waals surface area (Å²) < 4.78 is 17.9. The Morgan fingerprint density at radius 1 is 0.921 bits per heavy atom. The molecule has 0 radical (unpaired) electrons. The molecular formula is C24H29N4O9P. The molecule has 0 aromatic heterocycles. The van der Waals surface area contributed by atoms with Crippen LogP contribution in [0, 0.1) is 20.2 Å². The summed E-state index contributed by atoms with van der Waals surface area (Å²) in [5, 5.41) is 31.7. The highest BCUT2D eigenvalue weighted by atomic mass is 31.0. The average molecular weight is 555 g/mol. The maximum atomic E-state index is 11.6. The topological polar surface area (TPSA) is 190 Å². The van der Waals surface area contributed by atoms with Crippen molar-refractivity contribution in [2.24, 2.45) is 0 Å². The Kier molecular flexibility index (Phi) is 11.1. The zero-order valence-corrected chi connectivity index (χ0v) is 21.2. The second-order valence-corrected chi connectivity index (χ2v) is 8.03. The first kappa shape index (κ1) is 26.8. The summed E-state index contributed by atoms with van der Waals surface area (Å²) in [5.74, 6) is -0.985. The number of nitro groups is 2. The lowest BCUT2D eigenvalue weighted by Gasteiger charge is -2.28. The van der Waals surface area contributed by atoms with Crippen LogP contribution in [0.4, 0.5) is 11.4 Å². The summed E-state index contributed by atoms with van der Waals surface area (Å²) in [7, 11) is -1.87. The number of carbonyl (C=O) groups is 4. The number of benzene rings is 2. The predicted molar refractivity (Wildman–Crippen MR) is 141 cm³/mol. The van der Waals surface area contributed by atoms with E-state index in [4.69, 9.17) is 8.94 Å². The van der Waals surface area contributed by atoms with E-state index < -0.39 is 25.6 Å². The van der Waals surface area contributed by atoms with E-state index in [0.29, 0.717) is 25.8 Å². The van der Waals surface area contributed by atoms with E-state index >= 15 is 0 Å². The second-order valence-electron chi connectivity index (χ2n) is 8.03. The normalized spacial score (nSPS) is 14.0. The quantitative estimate of drug-likeness (QED) is 0.214. The van der Waals surface area contributed by atoms with Crippen LogP contribution in [-0.4, -0.2) is 60.5 Å². The number of likely N-dealkylation sites (tertiary alicyclic amines) is 1. The minimum absolute atomic E-state index is 0.0177. The molecule has 0 aliphatic carbocycles. The zero-order chi connectivity index (χ0) is 30.9. The third-order valence-corrected chi connectivity index (χ3v) is 5.38. The number of aryl methyl sites for hydroxylation is 2. The molecule has 2 saturated heterocycles. The summed E-state index contributed by atoms with van der Waals surface area (Å²) >= 11 is 0. The summed E-state index contributed by atoms with van der Waals surface area (Å²) in [5.41, 5.74) is 1.69. The van der Waals surface area contributed by atoms with Crippen LogP contribution >= 0.6 is 9.73 Å². The van der Waals surface area contributed by atoms with Crippen molar-refractivity contribution >= 4 is 44.8 Å². The van der Waals surface area contributed by atoms with Gasteiger partial charge in [-0.05, 0) is 24.0 Å². The standard InChI is InChI=1S/C12H12N2O4.C9H9NO4.C3H5NO.H3P/c15-11(13-8-7-12(13)16)6-3-9-1-4-10(5-2-9)14(17)18;11-9(12)6-3-7-1-4-8(5-2-7)10(13)14;5-3-1-2-4-3;/h1-2,4-5H,3,6-8H2;1-2,4-5H,3,6H2,(H,11,12);1-2H2,(H,4,5);1H3/i;;;1T3. The molecule has 14 heteroatoms. The first-order valence-electron chi connectivity index (χ1n) is 12.7. The number of rotatable bonds is 8. The molecule has 2 aromatic rings. The summed E-state index contributed by atoms with van der Waals surface area (Å²) in [6.45, 7) is 1.40. The van der Waals surface area contributed by atoms with Gasteiger partial charge < -0.3 is 10.4 Å². The Hall–Kier alpha value is -4.25. The first-order valence-corrected chi connectivity index (χ1v) is 11.3. The second kappa shape index (κ2) is 15.8. The number of carboxylic acids is 1. The molecular weight excluding hydrogens is 519 g/mol. The lowest BCUT2D eigenvalue weighted by Crippen LogP contribution is -2.47. The fraction of sp³-hybridized carbons (Fsp3) is 0.333. The van der Waals surface area contributed by atoms with Gasteiger partial charge >= 0.3 is 5.97 Å². The summed E-state index contributed by atoms with van der Waals surface area (Å²) in [6.07, 6.45) is 2.36. The number of carbonyl (C=O) groups excluding carboxylic acids is 3. The molecule has 4 rings (SSSR count). The van der Waals surface area contributed by atoms with Gasteiger partial charge in [0.25, 0.3) is 11.4 Å². The number of non-ortho nitro benzene ring substituents is 2. The third-order valence-electron chi connectivity index (χ3n) is 5.38. The summed E-state index contributed by atoms with van der Waals surface area (Å²) in [4.78, 5) is 63.7. The van der Waals surface area contributed by atoms with Crippen LogP contribution in [0.2, 0.25) is 0 Å². The Labute approximate surface area is 225 Å². The van der Waals surface area contributed by atoms with Gasteiger partial charge in [0.05, 0.1) is 13.7 Å². The molecule has 2 heterocycles. The zero-order valence-electron chi connectivity index (χ0n) is 23.3. The van der Waals surface area contributed by atoms with Gasteiger partial charge in [-0.25, -0.2) is 0 Å².